The van der Waals surface area contributed by atoms with E-state index in [0.717, 1.165) is 0 Å². The van der Waals surface area contributed by atoms with Crippen molar-refractivity contribution in [3.63, 3.8) is 0 Å². The molecule has 0 saturated carbocycles. The van der Waals surface area contributed by atoms with Gasteiger partial charge in [-0.2, -0.15) is 0 Å². The van der Waals surface area contributed by atoms with Gasteiger partial charge >= 0.3 is 0 Å². The fourth-order valence-corrected chi connectivity index (χ4v) is 8.05. The van der Waals surface area contributed by atoms with E-state index >= 15 is 0 Å². The van der Waals surface area contributed by atoms with E-state index in [0.29, 0.717) is 0 Å². The predicted molar refractivity (Wildman–Crippen MR) is 205 cm³/mol. The first-order valence-corrected chi connectivity index (χ1v) is 16.4. The monoisotopic (exact) mass is 594 g/mol. The van der Waals surface area contributed by atoms with E-state index in [-0.39, 0.29) is 0 Å². The summed E-state index contributed by atoms with van der Waals surface area (Å²) in [5.41, 5.74) is 6.43. The van der Waals surface area contributed by atoms with E-state index < -0.39 is 0 Å². The maximum atomic E-state index is 2.40. The molecule has 0 unspecified atom stereocenters. The van der Waals surface area contributed by atoms with Crippen molar-refractivity contribution in [2.75, 3.05) is 0 Å². The Morgan fingerprint density at radius 2 is 0.638 bits per heavy atom. The zero-order chi connectivity index (χ0) is 31.1. The summed E-state index contributed by atoms with van der Waals surface area (Å²) in [4.78, 5) is 0. The molecule has 10 aromatic carbocycles. The molecule has 0 N–H and O–H groups in total. The van der Waals surface area contributed by atoms with Crippen LogP contribution in [0.5, 0.6) is 0 Å². The van der Waals surface area contributed by atoms with E-state index in [9.17, 15) is 0 Å². The lowest BCUT2D eigenvalue weighted by Crippen LogP contribution is -1.88. The summed E-state index contributed by atoms with van der Waals surface area (Å²) >= 11 is 0. The molecule has 0 heterocycles. The fourth-order valence-electron chi connectivity index (χ4n) is 8.05. The first kappa shape index (κ1) is 26.3. The van der Waals surface area contributed by atoms with Crippen molar-refractivity contribution in [2.45, 2.75) is 6.92 Å². The first-order chi connectivity index (χ1) is 23.2. The van der Waals surface area contributed by atoms with Crippen LogP contribution in [0.2, 0.25) is 0 Å². The molecule has 0 amide bonds. The smallest absolute Gasteiger partial charge is 0.00987 e. The minimum Gasteiger partial charge on any atom is -0.0616 e. The second-order valence-corrected chi connectivity index (χ2v) is 12.9. The minimum absolute atomic E-state index is 1.26. The maximum absolute atomic E-state index is 2.40. The second-order valence-electron chi connectivity index (χ2n) is 12.9. The molecule has 0 aliphatic rings. The average Bonchev–Trinajstić information content (AvgIpc) is 3.12. The molecule has 0 aromatic heterocycles. The molecule has 0 aliphatic heterocycles. The summed E-state index contributed by atoms with van der Waals surface area (Å²) < 4.78 is 0. The lowest BCUT2D eigenvalue weighted by atomic mass is 9.88. The molecule has 0 bridgehead atoms. The molecule has 0 nitrogen and oxygen atoms in total. The van der Waals surface area contributed by atoms with Crippen molar-refractivity contribution < 1.29 is 0 Å². The van der Waals surface area contributed by atoms with Crippen LogP contribution in [0.4, 0.5) is 0 Å². The van der Waals surface area contributed by atoms with Crippen LogP contribution < -0.4 is 0 Å². The number of aryl methyl sites for hydroxylation is 1. The average molecular weight is 595 g/mol. The number of hydrogen-bond acceptors (Lipinski definition) is 0. The largest absolute Gasteiger partial charge is 0.0616 e. The summed E-state index contributed by atoms with van der Waals surface area (Å²) in [6.07, 6.45) is 0. The van der Waals surface area contributed by atoms with Gasteiger partial charge in [0.05, 0.1) is 0 Å². The van der Waals surface area contributed by atoms with Gasteiger partial charge in [0.1, 0.15) is 0 Å². The van der Waals surface area contributed by atoms with Crippen LogP contribution in [-0.2, 0) is 0 Å². The van der Waals surface area contributed by atoms with Gasteiger partial charge in [0.25, 0.3) is 0 Å². The standard InChI is InChI=1S/C47H30/c1-29-9-4-15-37-35(29)23-21-33-27-45-31(25-46(33)37)13-7-18-41(45)39-19-8-20-42-43(39)24-22-34-28-44-32(26-47(34)42)12-6-17-40(44)38-16-5-11-30-10-2-3-14-36(30)38/h2-28H,1H3. The van der Waals surface area contributed by atoms with Gasteiger partial charge in [-0.15, -0.1) is 0 Å². The van der Waals surface area contributed by atoms with Crippen LogP contribution in [0.15, 0.2) is 164 Å². The van der Waals surface area contributed by atoms with Gasteiger partial charge in [0, 0.05) is 0 Å². The zero-order valence-corrected chi connectivity index (χ0v) is 26.1. The van der Waals surface area contributed by atoms with Gasteiger partial charge in [-0.25, -0.2) is 0 Å². The van der Waals surface area contributed by atoms with Gasteiger partial charge in [-0.05, 0) is 134 Å². The molecule has 0 radical (unpaired) electrons. The van der Waals surface area contributed by atoms with Crippen LogP contribution in [-0.4, -0.2) is 0 Å². The number of rotatable bonds is 2. The van der Waals surface area contributed by atoms with Gasteiger partial charge in [-0.3, -0.25) is 0 Å². The molecule has 10 rings (SSSR count). The van der Waals surface area contributed by atoms with Gasteiger partial charge in [-0.1, -0.05) is 140 Å². The molecular formula is C47H30. The van der Waals surface area contributed by atoms with Crippen molar-refractivity contribution in [1.82, 2.24) is 0 Å². The molecule has 0 atom stereocenters. The Balaban J connectivity index is 1.19. The highest BCUT2D eigenvalue weighted by molar-refractivity contribution is 6.20. The molecule has 0 aliphatic carbocycles. The lowest BCUT2D eigenvalue weighted by molar-refractivity contribution is 1.54. The van der Waals surface area contributed by atoms with Gasteiger partial charge in [0.15, 0.2) is 0 Å². The van der Waals surface area contributed by atoms with Gasteiger partial charge in [0.2, 0.25) is 0 Å². The third-order valence-corrected chi connectivity index (χ3v) is 10.3. The highest BCUT2D eigenvalue weighted by Gasteiger charge is 2.14. The Hall–Kier alpha value is -5.98. The van der Waals surface area contributed by atoms with Crippen LogP contribution in [0.25, 0.3) is 97.7 Å². The van der Waals surface area contributed by atoms with Crippen LogP contribution in [0, 0.1) is 6.92 Å². The lowest BCUT2D eigenvalue weighted by Gasteiger charge is -2.15. The Bertz CT molecular complexity index is 2900. The first-order valence-electron chi connectivity index (χ1n) is 16.4. The molecule has 218 valence electrons. The normalized spacial score (nSPS) is 11.9. The Kier molecular flexibility index (Phi) is 5.59. The van der Waals surface area contributed by atoms with Crippen molar-refractivity contribution in [2.24, 2.45) is 0 Å². The highest BCUT2D eigenvalue weighted by atomic mass is 14.2. The number of fused-ring (bicyclic) bond motifs is 9. The molecule has 10 aromatic rings. The van der Waals surface area contributed by atoms with Crippen molar-refractivity contribution in [3.05, 3.63) is 169 Å². The van der Waals surface area contributed by atoms with Crippen molar-refractivity contribution in [1.29, 1.82) is 0 Å². The third-order valence-electron chi connectivity index (χ3n) is 10.3. The van der Waals surface area contributed by atoms with Crippen molar-refractivity contribution >= 4 is 75.4 Å². The molecular weight excluding hydrogens is 565 g/mol. The Morgan fingerprint density at radius 1 is 0.234 bits per heavy atom. The quantitative estimate of drug-likeness (QED) is 0.138. The fraction of sp³-hybridized carbons (Fsp3) is 0.0213. The number of benzene rings is 10. The van der Waals surface area contributed by atoms with E-state index in [1.807, 2.05) is 0 Å². The van der Waals surface area contributed by atoms with Crippen LogP contribution >= 0.6 is 0 Å². The topological polar surface area (TPSA) is 0 Å². The Morgan fingerprint density at radius 3 is 1.30 bits per heavy atom. The van der Waals surface area contributed by atoms with E-state index in [1.165, 1.54) is 103 Å². The molecule has 0 heteroatoms. The highest BCUT2D eigenvalue weighted by Crippen LogP contribution is 2.41. The SMILES string of the molecule is Cc1cccc2c1ccc1cc3c(-c4cccc5c4ccc4cc6c(-c7cccc8ccccc78)cccc6cc45)cccc3cc12. The summed E-state index contributed by atoms with van der Waals surface area (Å²) in [5.74, 6) is 0. The summed E-state index contributed by atoms with van der Waals surface area (Å²) in [6.45, 7) is 2.20. The second kappa shape index (κ2) is 10.0. The van der Waals surface area contributed by atoms with E-state index in [2.05, 4.69) is 171 Å². The molecule has 0 fully saturated rings. The summed E-state index contributed by atoms with van der Waals surface area (Å²) in [5, 5.41) is 18.0. The summed E-state index contributed by atoms with van der Waals surface area (Å²) in [7, 11) is 0. The molecule has 0 spiro atoms. The van der Waals surface area contributed by atoms with E-state index in [4.69, 9.17) is 0 Å². The Labute approximate surface area is 273 Å². The maximum Gasteiger partial charge on any atom is -0.00987 e. The van der Waals surface area contributed by atoms with Crippen LogP contribution in [0.3, 0.4) is 0 Å². The third kappa shape index (κ3) is 3.95. The van der Waals surface area contributed by atoms with Crippen LogP contribution in [0.1, 0.15) is 5.56 Å². The van der Waals surface area contributed by atoms with Crippen molar-refractivity contribution in [3.8, 4) is 22.3 Å². The minimum atomic E-state index is 1.26. The predicted octanol–water partition coefficient (Wildman–Crippen LogP) is 13.4. The summed E-state index contributed by atoms with van der Waals surface area (Å²) in [6, 6.07) is 61.0. The molecule has 47 heavy (non-hydrogen) atoms. The zero-order valence-electron chi connectivity index (χ0n) is 26.1. The number of hydrogen-bond donors (Lipinski definition) is 0. The van der Waals surface area contributed by atoms with E-state index in [1.54, 1.807) is 0 Å². The van der Waals surface area contributed by atoms with Gasteiger partial charge < -0.3 is 0 Å². The molecule has 0 saturated heterocycles.